The first kappa shape index (κ1) is 11.9. The molecule has 1 saturated heterocycles. The van der Waals surface area contributed by atoms with E-state index in [0.29, 0.717) is 0 Å². The quantitative estimate of drug-likeness (QED) is 0.865. The number of aliphatic hydroxyl groups excluding tert-OH is 1. The van der Waals surface area contributed by atoms with E-state index in [4.69, 9.17) is 5.11 Å². The van der Waals surface area contributed by atoms with Crippen LogP contribution in [0.5, 0.6) is 0 Å². The number of nitrogens with zero attached hydrogens (tertiary/aromatic N) is 3. The third-order valence-electron chi connectivity index (χ3n) is 3.90. The van der Waals surface area contributed by atoms with E-state index in [2.05, 4.69) is 14.8 Å². The zero-order valence-corrected chi connectivity index (χ0v) is 10.8. The maximum absolute atomic E-state index is 9.00. The van der Waals surface area contributed by atoms with Crippen LogP contribution in [0.25, 0.3) is 0 Å². The summed E-state index contributed by atoms with van der Waals surface area (Å²) in [5, 5.41) is 9.00. The number of aliphatic hydroxyl groups is 1. The Hall–Kier alpha value is -1.13. The van der Waals surface area contributed by atoms with Crippen molar-refractivity contribution in [2.45, 2.75) is 19.4 Å². The lowest BCUT2D eigenvalue weighted by atomic mass is 10.2. The molecule has 1 aliphatic heterocycles. The number of aromatic nitrogens is 1. The normalized spacial score (nSPS) is 21.3. The Labute approximate surface area is 108 Å². The predicted octanol–water partition coefficient (Wildman–Crippen LogP) is 1.11. The molecule has 1 aliphatic carbocycles. The van der Waals surface area contributed by atoms with E-state index in [9.17, 15) is 0 Å². The van der Waals surface area contributed by atoms with Crippen LogP contribution >= 0.6 is 0 Å². The molecule has 0 spiro atoms. The van der Waals surface area contributed by atoms with Crippen molar-refractivity contribution in [3.8, 4) is 0 Å². The average molecular weight is 247 g/mol. The van der Waals surface area contributed by atoms with Crippen molar-refractivity contribution >= 4 is 5.82 Å². The molecule has 2 heterocycles. The summed E-state index contributed by atoms with van der Waals surface area (Å²) in [6.45, 7) is 5.81. The van der Waals surface area contributed by atoms with Gasteiger partial charge in [-0.2, -0.15) is 0 Å². The number of hydrogen-bond acceptors (Lipinski definition) is 4. The van der Waals surface area contributed by atoms with Gasteiger partial charge < -0.3 is 10.0 Å². The second-order valence-corrected chi connectivity index (χ2v) is 5.41. The van der Waals surface area contributed by atoms with Gasteiger partial charge in [-0.25, -0.2) is 4.98 Å². The van der Waals surface area contributed by atoms with E-state index < -0.39 is 0 Å². The highest BCUT2D eigenvalue weighted by Gasteiger charge is 2.26. The zero-order chi connectivity index (χ0) is 12.4. The summed E-state index contributed by atoms with van der Waals surface area (Å²) >= 11 is 0. The summed E-state index contributed by atoms with van der Waals surface area (Å²) in [4.78, 5) is 9.34. The van der Waals surface area contributed by atoms with Crippen LogP contribution in [0.1, 0.15) is 18.4 Å². The Morgan fingerprint density at radius 1 is 1.17 bits per heavy atom. The molecule has 0 atom stereocenters. The summed E-state index contributed by atoms with van der Waals surface area (Å²) in [5.74, 6) is 2.02. The van der Waals surface area contributed by atoms with Crippen LogP contribution in [0.4, 0.5) is 5.82 Å². The van der Waals surface area contributed by atoms with E-state index in [1.165, 1.54) is 19.4 Å². The largest absolute Gasteiger partial charge is 0.392 e. The molecule has 0 aromatic carbocycles. The minimum absolute atomic E-state index is 0.0719. The second-order valence-electron chi connectivity index (χ2n) is 5.41. The molecule has 1 saturated carbocycles. The Bertz CT molecular complexity index is 381. The molecule has 0 unspecified atom stereocenters. The highest BCUT2D eigenvalue weighted by molar-refractivity contribution is 5.39. The van der Waals surface area contributed by atoms with Gasteiger partial charge in [0.1, 0.15) is 5.82 Å². The SMILES string of the molecule is OCc1ccc(N2CCN(CC3CC3)CC2)nc1. The molecule has 4 heteroatoms. The van der Waals surface area contributed by atoms with Gasteiger partial charge in [-0.15, -0.1) is 0 Å². The molecule has 3 rings (SSSR count). The summed E-state index contributed by atoms with van der Waals surface area (Å²) in [5.41, 5.74) is 0.881. The van der Waals surface area contributed by atoms with Gasteiger partial charge in [-0.3, -0.25) is 4.90 Å². The molecule has 0 radical (unpaired) electrons. The van der Waals surface area contributed by atoms with E-state index in [-0.39, 0.29) is 6.61 Å². The lowest BCUT2D eigenvalue weighted by Gasteiger charge is -2.35. The van der Waals surface area contributed by atoms with E-state index >= 15 is 0 Å². The summed E-state index contributed by atoms with van der Waals surface area (Å²) in [6, 6.07) is 3.97. The highest BCUT2D eigenvalue weighted by Crippen LogP contribution is 2.30. The maximum atomic E-state index is 9.00. The fourth-order valence-corrected chi connectivity index (χ4v) is 2.52. The van der Waals surface area contributed by atoms with E-state index in [0.717, 1.165) is 43.5 Å². The smallest absolute Gasteiger partial charge is 0.128 e. The van der Waals surface area contributed by atoms with Gasteiger partial charge in [0, 0.05) is 38.9 Å². The fourth-order valence-electron chi connectivity index (χ4n) is 2.52. The Balaban J connectivity index is 1.54. The molecule has 18 heavy (non-hydrogen) atoms. The summed E-state index contributed by atoms with van der Waals surface area (Å²) in [7, 11) is 0. The zero-order valence-electron chi connectivity index (χ0n) is 10.8. The van der Waals surface area contributed by atoms with Gasteiger partial charge >= 0.3 is 0 Å². The number of anilines is 1. The molecule has 1 aromatic heterocycles. The molecule has 98 valence electrons. The molecule has 0 amide bonds. The number of hydrogen-bond donors (Lipinski definition) is 1. The monoisotopic (exact) mass is 247 g/mol. The Kier molecular flexibility index (Phi) is 3.48. The van der Waals surface area contributed by atoms with Crippen molar-refractivity contribution in [1.82, 2.24) is 9.88 Å². The molecule has 4 nitrogen and oxygen atoms in total. The van der Waals surface area contributed by atoms with Crippen LogP contribution < -0.4 is 4.90 Å². The average Bonchev–Trinajstić information content (AvgIpc) is 3.24. The molecule has 2 aliphatic rings. The number of pyridine rings is 1. The van der Waals surface area contributed by atoms with Gasteiger partial charge in [-0.1, -0.05) is 6.07 Å². The standard InChI is InChI=1S/C14H21N3O/c18-11-13-3-4-14(15-9-13)17-7-5-16(6-8-17)10-12-1-2-12/h3-4,9,12,18H,1-2,5-8,10-11H2. The minimum atomic E-state index is 0.0719. The number of piperazine rings is 1. The first-order chi connectivity index (χ1) is 8.85. The maximum Gasteiger partial charge on any atom is 0.128 e. The molecular weight excluding hydrogens is 226 g/mol. The first-order valence-corrected chi connectivity index (χ1v) is 6.88. The van der Waals surface area contributed by atoms with Crippen molar-refractivity contribution in [2.24, 2.45) is 5.92 Å². The van der Waals surface area contributed by atoms with Gasteiger partial charge in [-0.05, 0) is 30.4 Å². The molecule has 1 aromatic rings. The lowest BCUT2D eigenvalue weighted by Crippen LogP contribution is -2.47. The van der Waals surface area contributed by atoms with Crippen molar-refractivity contribution in [3.63, 3.8) is 0 Å². The minimum Gasteiger partial charge on any atom is -0.392 e. The topological polar surface area (TPSA) is 39.6 Å². The third-order valence-corrected chi connectivity index (χ3v) is 3.90. The third kappa shape index (κ3) is 2.82. The van der Waals surface area contributed by atoms with Crippen molar-refractivity contribution in [1.29, 1.82) is 0 Å². The molecule has 0 bridgehead atoms. The van der Waals surface area contributed by atoms with Crippen LogP contribution in [0, 0.1) is 5.92 Å². The van der Waals surface area contributed by atoms with Crippen LogP contribution in [0.15, 0.2) is 18.3 Å². The van der Waals surface area contributed by atoms with Crippen molar-refractivity contribution in [2.75, 3.05) is 37.6 Å². The predicted molar refractivity (Wildman–Crippen MR) is 71.5 cm³/mol. The van der Waals surface area contributed by atoms with E-state index in [1.807, 2.05) is 12.1 Å². The molecular formula is C14H21N3O. The highest BCUT2D eigenvalue weighted by atomic mass is 16.3. The van der Waals surface area contributed by atoms with Gasteiger partial charge in [0.25, 0.3) is 0 Å². The van der Waals surface area contributed by atoms with Crippen molar-refractivity contribution in [3.05, 3.63) is 23.9 Å². The Morgan fingerprint density at radius 2 is 1.94 bits per heavy atom. The summed E-state index contributed by atoms with van der Waals surface area (Å²) in [6.07, 6.45) is 4.64. The summed E-state index contributed by atoms with van der Waals surface area (Å²) < 4.78 is 0. The Morgan fingerprint density at radius 3 is 2.50 bits per heavy atom. The van der Waals surface area contributed by atoms with Gasteiger partial charge in [0.2, 0.25) is 0 Å². The molecule has 1 N–H and O–H groups in total. The lowest BCUT2D eigenvalue weighted by molar-refractivity contribution is 0.247. The van der Waals surface area contributed by atoms with Gasteiger partial charge in [0.15, 0.2) is 0 Å². The first-order valence-electron chi connectivity index (χ1n) is 6.88. The van der Waals surface area contributed by atoms with Crippen LogP contribution in [0.3, 0.4) is 0 Å². The number of rotatable bonds is 4. The van der Waals surface area contributed by atoms with Crippen LogP contribution in [-0.2, 0) is 6.61 Å². The molecule has 2 fully saturated rings. The van der Waals surface area contributed by atoms with Gasteiger partial charge in [0.05, 0.1) is 6.61 Å². The van der Waals surface area contributed by atoms with E-state index in [1.54, 1.807) is 6.20 Å². The fraction of sp³-hybridized carbons (Fsp3) is 0.643. The van der Waals surface area contributed by atoms with Crippen molar-refractivity contribution < 1.29 is 5.11 Å². The van der Waals surface area contributed by atoms with Crippen LogP contribution in [-0.4, -0.2) is 47.7 Å². The second kappa shape index (κ2) is 5.24. The van der Waals surface area contributed by atoms with Crippen LogP contribution in [0.2, 0.25) is 0 Å².